The third-order valence-corrected chi connectivity index (χ3v) is 2.12. The summed E-state index contributed by atoms with van der Waals surface area (Å²) >= 11 is 0. The van der Waals surface area contributed by atoms with Gasteiger partial charge in [-0.05, 0) is 38.2 Å². The second-order valence-electron chi connectivity index (χ2n) is 3.89. The molecule has 3 heteroatoms. The van der Waals surface area contributed by atoms with E-state index in [-0.39, 0.29) is 0 Å². The summed E-state index contributed by atoms with van der Waals surface area (Å²) in [5, 5.41) is 0. The Hall–Kier alpha value is -0.833. The minimum Gasteiger partial charge on any atom is -0.531 e. The van der Waals surface area contributed by atoms with E-state index < -0.39 is 8.32 Å². The van der Waals surface area contributed by atoms with E-state index in [0.717, 1.165) is 11.4 Å². The van der Waals surface area contributed by atoms with Crippen molar-refractivity contribution in [2.45, 2.75) is 26.6 Å². The summed E-state index contributed by atoms with van der Waals surface area (Å²) in [5.41, 5.74) is 1.16. The minimum atomic E-state index is -1.48. The third-order valence-electron chi connectivity index (χ3n) is 1.29. The molecule has 0 spiro atoms. The Bertz CT molecular complexity index is 250. The lowest BCUT2D eigenvalue weighted by Gasteiger charge is -2.17. The lowest BCUT2D eigenvalue weighted by Crippen LogP contribution is -2.29. The van der Waals surface area contributed by atoms with Gasteiger partial charge in [0.05, 0.1) is 0 Å². The molecule has 2 nitrogen and oxygen atoms in total. The number of rotatable bonds is 2. The van der Waals surface area contributed by atoms with Gasteiger partial charge in [-0.1, -0.05) is 6.07 Å². The molecule has 0 aliphatic heterocycles. The van der Waals surface area contributed by atoms with Crippen molar-refractivity contribution in [1.82, 2.24) is 4.98 Å². The average Bonchev–Trinajstić information content (AvgIpc) is 1.91. The van der Waals surface area contributed by atoms with E-state index in [4.69, 9.17) is 4.43 Å². The molecule has 0 saturated heterocycles. The number of pyridine rings is 1. The molecule has 12 heavy (non-hydrogen) atoms. The SMILES string of the molecule is Cc1ccc(O[Si](C)(C)C)nc1. The van der Waals surface area contributed by atoms with Crippen molar-refractivity contribution in [3.05, 3.63) is 23.9 Å². The van der Waals surface area contributed by atoms with Crippen LogP contribution in [0.25, 0.3) is 0 Å². The standard InChI is InChI=1S/C9H15NOSi/c1-8-5-6-9(10-7-8)11-12(2,3)4/h5-7H,1-4H3. The topological polar surface area (TPSA) is 22.1 Å². The van der Waals surface area contributed by atoms with E-state index in [1.54, 1.807) is 0 Å². The number of aromatic nitrogens is 1. The molecule has 0 atom stereocenters. The fourth-order valence-electron chi connectivity index (χ4n) is 0.828. The van der Waals surface area contributed by atoms with Crippen LogP contribution in [0.5, 0.6) is 5.88 Å². The maximum atomic E-state index is 5.68. The van der Waals surface area contributed by atoms with Crippen LogP contribution in [0.3, 0.4) is 0 Å². The Balaban J connectivity index is 2.71. The first-order valence-electron chi connectivity index (χ1n) is 4.09. The summed E-state index contributed by atoms with van der Waals surface area (Å²) in [4.78, 5) is 4.18. The van der Waals surface area contributed by atoms with E-state index in [9.17, 15) is 0 Å². The smallest absolute Gasteiger partial charge is 0.244 e. The van der Waals surface area contributed by atoms with Gasteiger partial charge in [0.15, 0.2) is 5.88 Å². The van der Waals surface area contributed by atoms with E-state index in [0.29, 0.717) is 0 Å². The Morgan fingerprint density at radius 1 is 1.25 bits per heavy atom. The number of hydrogen-bond acceptors (Lipinski definition) is 2. The quantitative estimate of drug-likeness (QED) is 0.654. The molecule has 66 valence electrons. The van der Waals surface area contributed by atoms with E-state index in [1.807, 2.05) is 25.3 Å². The van der Waals surface area contributed by atoms with Gasteiger partial charge in [-0.15, -0.1) is 0 Å². The monoisotopic (exact) mass is 181 g/mol. The molecule has 1 rings (SSSR count). The van der Waals surface area contributed by atoms with Crippen LogP contribution >= 0.6 is 0 Å². The van der Waals surface area contributed by atoms with Crippen LogP contribution in [0.1, 0.15) is 5.56 Å². The van der Waals surface area contributed by atoms with Crippen LogP contribution in [-0.2, 0) is 0 Å². The first kappa shape index (κ1) is 9.26. The molecule has 0 N–H and O–H groups in total. The predicted molar refractivity (Wildman–Crippen MR) is 52.9 cm³/mol. The molecule has 1 aromatic rings. The van der Waals surface area contributed by atoms with Gasteiger partial charge in [-0.25, -0.2) is 4.98 Å². The van der Waals surface area contributed by atoms with Gasteiger partial charge in [0.2, 0.25) is 8.32 Å². The maximum Gasteiger partial charge on any atom is 0.244 e. The Labute approximate surface area is 74.7 Å². The zero-order valence-corrected chi connectivity index (χ0v) is 9.09. The van der Waals surface area contributed by atoms with Crippen molar-refractivity contribution in [2.24, 2.45) is 0 Å². The molecule has 0 aliphatic rings. The van der Waals surface area contributed by atoms with Crippen molar-refractivity contribution >= 4 is 8.32 Å². The Kier molecular flexibility index (Phi) is 2.52. The van der Waals surface area contributed by atoms with Gasteiger partial charge in [0, 0.05) is 6.20 Å². The molecule has 0 amide bonds. The van der Waals surface area contributed by atoms with Crippen LogP contribution in [0, 0.1) is 6.92 Å². The molecular formula is C9H15NOSi. The largest absolute Gasteiger partial charge is 0.531 e. The molecule has 0 fully saturated rings. The minimum absolute atomic E-state index is 0.750. The second-order valence-corrected chi connectivity index (χ2v) is 8.32. The van der Waals surface area contributed by atoms with Gasteiger partial charge in [-0.2, -0.15) is 0 Å². The summed E-state index contributed by atoms with van der Waals surface area (Å²) in [6.45, 7) is 8.46. The average molecular weight is 181 g/mol. The lowest BCUT2D eigenvalue weighted by molar-refractivity contribution is 0.534. The highest BCUT2D eigenvalue weighted by Crippen LogP contribution is 2.12. The van der Waals surface area contributed by atoms with Crippen LogP contribution < -0.4 is 4.43 Å². The van der Waals surface area contributed by atoms with Crippen LogP contribution in [0.15, 0.2) is 18.3 Å². The predicted octanol–water partition coefficient (Wildman–Crippen LogP) is 2.60. The Morgan fingerprint density at radius 2 is 1.92 bits per heavy atom. The van der Waals surface area contributed by atoms with Crippen LogP contribution in [-0.4, -0.2) is 13.3 Å². The third kappa shape index (κ3) is 3.05. The van der Waals surface area contributed by atoms with Crippen molar-refractivity contribution in [3.8, 4) is 5.88 Å². The summed E-state index contributed by atoms with van der Waals surface area (Å²) in [6, 6.07) is 3.94. The number of aryl methyl sites for hydroxylation is 1. The van der Waals surface area contributed by atoms with Crippen molar-refractivity contribution in [2.75, 3.05) is 0 Å². The Morgan fingerprint density at radius 3 is 2.33 bits per heavy atom. The zero-order valence-electron chi connectivity index (χ0n) is 8.09. The first-order valence-corrected chi connectivity index (χ1v) is 7.50. The summed E-state index contributed by atoms with van der Waals surface area (Å²) in [7, 11) is -1.48. The van der Waals surface area contributed by atoms with E-state index >= 15 is 0 Å². The zero-order chi connectivity index (χ0) is 9.19. The highest BCUT2D eigenvalue weighted by atomic mass is 28.4. The van der Waals surface area contributed by atoms with Crippen molar-refractivity contribution in [3.63, 3.8) is 0 Å². The highest BCUT2D eigenvalue weighted by Gasteiger charge is 2.16. The van der Waals surface area contributed by atoms with E-state index in [1.165, 1.54) is 0 Å². The van der Waals surface area contributed by atoms with Crippen LogP contribution in [0.2, 0.25) is 19.6 Å². The fraction of sp³-hybridized carbons (Fsp3) is 0.444. The second kappa shape index (κ2) is 3.27. The molecule has 1 aromatic heterocycles. The van der Waals surface area contributed by atoms with Crippen molar-refractivity contribution < 1.29 is 4.43 Å². The fourth-order valence-corrected chi connectivity index (χ4v) is 1.58. The molecule has 1 heterocycles. The van der Waals surface area contributed by atoms with Gasteiger partial charge in [-0.3, -0.25) is 0 Å². The number of nitrogens with zero attached hydrogens (tertiary/aromatic N) is 1. The summed E-state index contributed by atoms with van der Waals surface area (Å²) in [5.74, 6) is 0.750. The van der Waals surface area contributed by atoms with Gasteiger partial charge in [0.1, 0.15) is 0 Å². The van der Waals surface area contributed by atoms with Gasteiger partial charge in [0.25, 0.3) is 0 Å². The molecule has 0 bridgehead atoms. The molecular weight excluding hydrogens is 166 g/mol. The molecule has 0 saturated carbocycles. The normalized spacial score (nSPS) is 11.3. The number of hydrogen-bond donors (Lipinski definition) is 0. The van der Waals surface area contributed by atoms with Crippen LogP contribution in [0.4, 0.5) is 0 Å². The highest BCUT2D eigenvalue weighted by molar-refractivity contribution is 6.70. The molecule has 0 unspecified atom stereocenters. The van der Waals surface area contributed by atoms with E-state index in [2.05, 4.69) is 24.6 Å². The lowest BCUT2D eigenvalue weighted by atomic mass is 10.3. The maximum absolute atomic E-state index is 5.68. The summed E-state index contributed by atoms with van der Waals surface area (Å²) < 4.78 is 5.68. The molecule has 0 aromatic carbocycles. The first-order chi connectivity index (χ1) is 5.47. The van der Waals surface area contributed by atoms with Crippen molar-refractivity contribution in [1.29, 1.82) is 0 Å². The molecule has 0 radical (unpaired) electrons. The summed E-state index contributed by atoms with van der Waals surface area (Å²) in [6.07, 6.45) is 1.83. The van der Waals surface area contributed by atoms with Gasteiger partial charge >= 0.3 is 0 Å². The molecule has 0 aliphatic carbocycles. The van der Waals surface area contributed by atoms with Gasteiger partial charge < -0.3 is 4.43 Å².